The highest BCUT2D eigenvalue weighted by atomic mass is 16.7. The van der Waals surface area contributed by atoms with E-state index < -0.39 is 86.8 Å². The predicted molar refractivity (Wildman–Crippen MR) is 296 cm³/mol. The molecule has 12 unspecified atom stereocenters. The molecule has 2 aliphatic heterocycles. The number of carbonyl (C=O) groups is 1. The minimum Gasteiger partial charge on any atom is -0.394 e. The molecule has 0 aromatic heterocycles. The van der Waals surface area contributed by atoms with Crippen molar-refractivity contribution in [1.82, 2.24) is 5.32 Å². The molecule has 0 spiro atoms. The summed E-state index contributed by atoms with van der Waals surface area (Å²) in [5, 5.41) is 87.0. The van der Waals surface area contributed by atoms with Gasteiger partial charge in [0.05, 0.1) is 32.0 Å². The zero-order valence-corrected chi connectivity index (χ0v) is 47.4. The zero-order valence-electron chi connectivity index (χ0n) is 47.4. The fraction of sp³-hybridized carbons (Fsp3) is 0.983. The summed E-state index contributed by atoms with van der Waals surface area (Å²) in [5.41, 5.74) is 0. The molecular formula is C60H117NO13. The van der Waals surface area contributed by atoms with E-state index in [9.17, 15) is 45.6 Å². The van der Waals surface area contributed by atoms with Crippen LogP contribution >= 0.6 is 0 Å². The van der Waals surface area contributed by atoms with Crippen LogP contribution in [-0.4, -0.2) is 140 Å². The van der Waals surface area contributed by atoms with E-state index in [-0.39, 0.29) is 12.5 Å². The molecule has 2 heterocycles. The van der Waals surface area contributed by atoms with Crippen molar-refractivity contribution in [3.8, 4) is 0 Å². The number of unbranched alkanes of at least 4 members (excludes halogenated alkanes) is 38. The second kappa shape index (κ2) is 46.9. The fourth-order valence-corrected chi connectivity index (χ4v) is 10.8. The van der Waals surface area contributed by atoms with Crippen molar-refractivity contribution < 1.29 is 64.6 Å². The van der Waals surface area contributed by atoms with Crippen molar-refractivity contribution in [1.29, 1.82) is 0 Å². The third-order valence-electron chi connectivity index (χ3n) is 15.8. The summed E-state index contributed by atoms with van der Waals surface area (Å²) < 4.78 is 22.8. The van der Waals surface area contributed by atoms with Crippen LogP contribution in [0.4, 0.5) is 0 Å². The average molecular weight is 1060 g/mol. The normalized spacial score (nSPS) is 25.1. The van der Waals surface area contributed by atoms with Crippen LogP contribution in [-0.2, 0) is 23.7 Å². The summed E-state index contributed by atoms with van der Waals surface area (Å²) in [6.45, 7) is 2.86. The predicted octanol–water partition coefficient (Wildman–Crippen LogP) is 10.9. The lowest BCUT2D eigenvalue weighted by molar-refractivity contribution is -0.359. The Morgan fingerprint density at radius 3 is 1.15 bits per heavy atom. The minimum absolute atomic E-state index is 0.202. The monoisotopic (exact) mass is 1060 g/mol. The van der Waals surface area contributed by atoms with Gasteiger partial charge in [0, 0.05) is 6.42 Å². The van der Waals surface area contributed by atoms with Gasteiger partial charge in [-0.2, -0.15) is 0 Å². The molecule has 14 nitrogen and oxygen atoms in total. The number of nitrogens with one attached hydrogen (secondary N) is 1. The van der Waals surface area contributed by atoms with Gasteiger partial charge in [0.15, 0.2) is 12.6 Å². The molecule has 0 aliphatic carbocycles. The molecule has 1 amide bonds. The van der Waals surface area contributed by atoms with Crippen LogP contribution in [0.5, 0.6) is 0 Å². The molecule has 0 radical (unpaired) electrons. The van der Waals surface area contributed by atoms with Crippen molar-refractivity contribution in [2.45, 2.75) is 357 Å². The largest absolute Gasteiger partial charge is 0.394 e. The van der Waals surface area contributed by atoms with E-state index in [0.29, 0.717) is 12.8 Å². The highest BCUT2D eigenvalue weighted by Gasteiger charge is 2.51. The summed E-state index contributed by atoms with van der Waals surface area (Å²) in [7, 11) is 0. The highest BCUT2D eigenvalue weighted by Crippen LogP contribution is 2.30. The first kappa shape index (κ1) is 69.1. The number of hydrogen-bond donors (Lipinski definition) is 9. The van der Waals surface area contributed by atoms with Crippen LogP contribution in [0.1, 0.15) is 284 Å². The molecule has 14 heteroatoms. The molecule has 9 N–H and O–H groups in total. The average Bonchev–Trinajstić information content (AvgIpc) is 3.40. The third-order valence-corrected chi connectivity index (χ3v) is 15.8. The molecule has 0 aromatic carbocycles. The smallest absolute Gasteiger partial charge is 0.220 e. The van der Waals surface area contributed by atoms with E-state index in [1.165, 1.54) is 205 Å². The lowest BCUT2D eigenvalue weighted by atomic mass is 9.97. The molecule has 12 atom stereocenters. The topological polar surface area (TPSA) is 228 Å². The van der Waals surface area contributed by atoms with Crippen molar-refractivity contribution in [2.75, 3.05) is 19.8 Å². The van der Waals surface area contributed by atoms with Gasteiger partial charge >= 0.3 is 0 Å². The summed E-state index contributed by atoms with van der Waals surface area (Å²) in [6, 6.07) is -0.821. The van der Waals surface area contributed by atoms with E-state index in [4.69, 9.17) is 18.9 Å². The third kappa shape index (κ3) is 32.2. The van der Waals surface area contributed by atoms with Crippen molar-refractivity contribution in [3.05, 3.63) is 0 Å². The van der Waals surface area contributed by atoms with E-state index in [1.54, 1.807) is 0 Å². The van der Waals surface area contributed by atoms with Crippen LogP contribution in [0.3, 0.4) is 0 Å². The fourth-order valence-electron chi connectivity index (χ4n) is 10.8. The van der Waals surface area contributed by atoms with Gasteiger partial charge in [-0.15, -0.1) is 0 Å². The van der Waals surface area contributed by atoms with Crippen LogP contribution in [0.25, 0.3) is 0 Å². The molecule has 0 bridgehead atoms. The first-order valence-corrected chi connectivity index (χ1v) is 31.3. The Kier molecular flexibility index (Phi) is 43.8. The molecule has 2 rings (SSSR count). The zero-order chi connectivity index (χ0) is 53.9. The van der Waals surface area contributed by atoms with E-state index in [1.807, 2.05) is 0 Å². The Morgan fingerprint density at radius 2 is 0.770 bits per heavy atom. The Balaban J connectivity index is 1.58. The van der Waals surface area contributed by atoms with Gasteiger partial charge < -0.3 is 65.1 Å². The molecule has 74 heavy (non-hydrogen) atoms. The standard InChI is InChI=1S/C60H117NO13/c1-3-5-7-9-11-13-14-15-16-17-18-19-20-21-22-23-24-25-26-27-28-29-30-31-32-33-34-36-38-40-42-44-52(65)61-48(49(64)43-41-39-37-35-12-10-8-6-4-2)47-71-59-57(70)55(68)58(51(46-63)73-59)74-60-56(69)54(67)53(66)50(45-62)72-60/h48-51,53-60,62-64,66-70H,3-47H2,1-2H3,(H,61,65). The summed E-state index contributed by atoms with van der Waals surface area (Å²) in [4.78, 5) is 13.2. The van der Waals surface area contributed by atoms with Gasteiger partial charge in [0.25, 0.3) is 0 Å². The van der Waals surface area contributed by atoms with Crippen LogP contribution in [0.15, 0.2) is 0 Å². The molecule has 2 fully saturated rings. The Hall–Kier alpha value is -1.01. The van der Waals surface area contributed by atoms with Gasteiger partial charge in [-0.25, -0.2) is 0 Å². The highest BCUT2D eigenvalue weighted by molar-refractivity contribution is 5.76. The Morgan fingerprint density at radius 1 is 0.432 bits per heavy atom. The van der Waals surface area contributed by atoms with E-state index in [2.05, 4.69) is 19.2 Å². The Labute approximate surface area is 451 Å². The summed E-state index contributed by atoms with van der Waals surface area (Å²) >= 11 is 0. The van der Waals surface area contributed by atoms with Gasteiger partial charge in [-0.05, 0) is 12.8 Å². The van der Waals surface area contributed by atoms with Gasteiger partial charge in [0.1, 0.15) is 48.8 Å². The molecular weight excluding hydrogens is 943 g/mol. The molecule has 2 aliphatic rings. The number of carbonyl (C=O) groups excluding carboxylic acids is 1. The van der Waals surface area contributed by atoms with Crippen LogP contribution < -0.4 is 5.32 Å². The quantitative estimate of drug-likeness (QED) is 0.0259. The number of ether oxygens (including phenoxy) is 4. The number of aliphatic hydroxyl groups excluding tert-OH is 8. The van der Waals surface area contributed by atoms with Crippen molar-refractivity contribution in [3.63, 3.8) is 0 Å². The van der Waals surface area contributed by atoms with Crippen molar-refractivity contribution >= 4 is 5.91 Å². The minimum atomic E-state index is -1.78. The second-order valence-electron chi connectivity index (χ2n) is 22.6. The molecule has 0 saturated carbocycles. The lowest BCUT2D eigenvalue weighted by Crippen LogP contribution is -2.65. The van der Waals surface area contributed by atoms with E-state index >= 15 is 0 Å². The summed E-state index contributed by atoms with van der Waals surface area (Å²) in [5.74, 6) is -0.202. The number of amides is 1. The summed E-state index contributed by atoms with van der Waals surface area (Å²) in [6.07, 6.45) is 35.8. The van der Waals surface area contributed by atoms with Crippen molar-refractivity contribution in [2.24, 2.45) is 0 Å². The van der Waals surface area contributed by atoms with Crippen LogP contribution in [0.2, 0.25) is 0 Å². The number of rotatable bonds is 51. The van der Waals surface area contributed by atoms with E-state index in [0.717, 1.165) is 51.4 Å². The lowest BCUT2D eigenvalue weighted by Gasteiger charge is -2.46. The number of hydrogen-bond acceptors (Lipinski definition) is 13. The molecule has 2 saturated heterocycles. The maximum Gasteiger partial charge on any atom is 0.220 e. The van der Waals surface area contributed by atoms with Gasteiger partial charge in [-0.1, -0.05) is 264 Å². The number of aliphatic hydroxyl groups is 8. The van der Waals surface area contributed by atoms with Crippen LogP contribution in [0, 0.1) is 0 Å². The first-order valence-electron chi connectivity index (χ1n) is 31.3. The maximum absolute atomic E-state index is 13.2. The maximum atomic E-state index is 13.2. The second-order valence-corrected chi connectivity index (χ2v) is 22.6. The van der Waals surface area contributed by atoms with Gasteiger partial charge in [0.2, 0.25) is 5.91 Å². The SMILES string of the molecule is CCCCCCCCCCCCCCCCCCCCCCCCCCCCCCCCCC(=O)NC(COC1OC(CO)C(OC2OC(CO)C(O)C(O)C2O)C(O)C1O)C(O)CCCCCCCCCCC. The molecule has 0 aromatic rings. The Bertz CT molecular complexity index is 1250. The first-order chi connectivity index (χ1) is 36.1. The van der Waals surface area contributed by atoms with Gasteiger partial charge in [-0.3, -0.25) is 4.79 Å². The molecule has 440 valence electrons.